The summed E-state index contributed by atoms with van der Waals surface area (Å²) in [5.41, 5.74) is -0.00169. The van der Waals surface area contributed by atoms with Crippen LogP contribution >= 0.6 is 0 Å². The van der Waals surface area contributed by atoms with Crippen molar-refractivity contribution >= 4 is 11.9 Å². The van der Waals surface area contributed by atoms with Gasteiger partial charge in [0.05, 0.1) is 6.61 Å². The summed E-state index contributed by atoms with van der Waals surface area (Å²) in [6.45, 7) is 0.852. The molecule has 0 bridgehead atoms. The van der Waals surface area contributed by atoms with Gasteiger partial charge in [-0.1, -0.05) is 0 Å². The van der Waals surface area contributed by atoms with Crippen LogP contribution in [0.4, 0.5) is 11.9 Å². The van der Waals surface area contributed by atoms with E-state index in [0.717, 1.165) is 12.8 Å². The maximum atomic E-state index is 9.32. The van der Waals surface area contributed by atoms with Crippen molar-refractivity contribution in [3.05, 3.63) is 18.5 Å². The molecule has 0 atom stereocenters. The molecule has 20 heavy (non-hydrogen) atoms. The lowest BCUT2D eigenvalue weighted by molar-refractivity contribution is 0.219. The van der Waals surface area contributed by atoms with E-state index in [1.165, 1.54) is 0 Å². The van der Waals surface area contributed by atoms with Crippen LogP contribution in [0, 0.1) is 5.41 Å². The molecule has 1 fully saturated rings. The highest BCUT2D eigenvalue weighted by atomic mass is 16.3. The molecule has 0 spiro atoms. The maximum Gasteiger partial charge on any atom is 0.257 e. The Bertz CT molecular complexity index is 579. The van der Waals surface area contributed by atoms with Crippen LogP contribution in [0.25, 0.3) is 5.95 Å². The first-order valence-corrected chi connectivity index (χ1v) is 6.53. The quantitative estimate of drug-likeness (QED) is 0.696. The molecule has 106 valence electrons. The van der Waals surface area contributed by atoms with Crippen molar-refractivity contribution in [2.45, 2.75) is 12.8 Å². The molecule has 0 unspecified atom stereocenters. The van der Waals surface area contributed by atoms with E-state index in [0.29, 0.717) is 24.4 Å². The zero-order valence-corrected chi connectivity index (χ0v) is 11.2. The number of anilines is 2. The molecule has 0 aliphatic heterocycles. The fourth-order valence-corrected chi connectivity index (χ4v) is 1.88. The van der Waals surface area contributed by atoms with Crippen molar-refractivity contribution in [1.82, 2.24) is 24.7 Å². The van der Waals surface area contributed by atoms with Gasteiger partial charge in [-0.15, -0.1) is 0 Å². The molecule has 1 aliphatic rings. The van der Waals surface area contributed by atoms with E-state index in [1.807, 2.05) is 0 Å². The van der Waals surface area contributed by atoms with Crippen molar-refractivity contribution in [2.24, 2.45) is 5.41 Å². The first-order valence-electron chi connectivity index (χ1n) is 6.53. The summed E-state index contributed by atoms with van der Waals surface area (Å²) in [6.07, 6.45) is 5.51. The number of hydrogen-bond donors (Lipinski definition) is 3. The van der Waals surface area contributed by atoms with E-state index >= 15 is 0 Å². The predicted octanol–water partition coefficient (Wildman–Crippen LogP) is 0.283. The van der Waals surface area contributed by atoms with Crippen molar-refractivity contribution in [3.8, 4) is 5.95 Å². The molecule has 2 aromatic rings. The number of nitrogens with zero attached hydrogens (tertiary/aromatic N) is 5. The third-order valence-corrected chi connectivity index (χ3v) is 3.47. The summed E-state index contributed by atoms with van der Waals surface area (Å²) in [5.74, 6) is 1.40. The zero-order chi connectivity index (χ0) is 14.0. The highest BCUT2D eigenvalue weighted by molar-refractivity contribution is 5.37. The van der Waals surface area contributed by atoms with E-state index in [9.17, 15) is 5.11 Å². The lowest BCUT2D eigenvalue weighted by atomic mass is 10.1. The Kier molecular flexibility index (Phi) is 3.23. The first kappa shape index (κ1) is 12.8. The van der Waals surface area contributed by atoms with E-state index in [4.69, 9.17) is 0 Å². The summed E-state index contributed by atoms with van der Waals surface area (Å²) in [6, 6.07) is 1.81. The van der Waals surface area contributed by atoms with E-state index in [-0.39, 0.29) is 12.0 Å². The molecule has 8 heteroatoms. The van der Waals surface area contributed by atoms with Crippen molar-refractivity contribution < 1.29 is 5.11 Å². The van der Waals surface area contributed by atoms with Gasteiger partial charge in [-0.3, -0.25) is 0 Å². The molecule has 0 radical (unpaired) electrons. The van der Waals surface area contributed by atoms with Crippen LogP contribution in [0.3, 0.4) is 0 Å². The summed E-state index contributed by atoms with van der Waals surface area (Å²) in [4.78, 5) is 12.8. The highest BCUT2D eigenvalue weighted by Crippen LogP contribution is 2.44. The van der Waals surface area contributed by atoms with Gasteiger partial charge in [0, 0.05) is 31.4 Å². The van der Waals surface area contributed by atoms with Gasteiger partial charge < -0.3 is 15.7 Å². The van der Waals surface area contributed by atoms with Gasteiger partial charge in [0.2, 0.25) is 11.9 Å². The normalized spacial score (nSPS) is 15.9. The van der Waals surface area contributed by atoms with Crippen LogP contribution in [0.2, 0.25) is 0 Å². The lowest BCUT2D eigenvalue weighted by Crippen LogP contribution is -2.21. The molecule has 3 rings (SSSR count). The molecule has 0 amide bonds. The topological polar surface area (TPSA) is 101 Å². The number of nitrogens with one attached hydrogen (secondary N) is 2. The summed E-state index contributed by atoms with van der Waals surface area (Å²) in [7, 11) is 1.75. The zero-order valence-electron chi connectivity index (χ0n) is 11.2. The third-order valence-electron chi connectivity index (χ3n) is 3.47. The largest absolute Gasteiger partial charge is 0.396 e. The Balaban J connectivity index is 1.81. The minimum atomic E-state index is -0.00169. The molecule has 3 N–H and O–H groups in total. The van der Waals surface area contributed by atoms with Crippen LogP contribution in [-0.4, -0.2) is 50.0 Å². The minimum Gasteiger partial charge on any atom is -0.396 e. The van der Waals surface area contributed by atoms with E-state index in [2.05, 4.69) is 30.7 Å². The fraction of sp³-hybridized carbons (Fsp3) is 0.500. The van der Waals surface area contributed by atoms with Gasteiger partial charge in [0.25, 0.3) is 5.95 Å². The maximum absolute atomic E-state index is 9.32. The molecular weight excluding hydrogens is 258 g/mol. The Morgan fingerprint density at radius 1 is 1.30 bits per heavy atom. The molecule has 0 saturated heterocycles. The fourth-order valence-electron chi connectivity index (χ4n) is 1.88. The number of rotatable bonds is 6. The molecule has 1 saturated carbocycles. The predicted molar refractivity (Wildman–Crippen MR) is 73.7 cm³/mol. The average Bonchev–Trinajstić information content (AvgIpc) is 3.06. The number of aromatic nitrogens is 5. The summed E-state index contributed by atoms with van der Waals surface area (Å²) < 4.78 is 1.58. The Hall–Kier alpha value is -2.22. The van der Waals surface area contributed by atoms with Crippen LogP contribution in [0.1, 0.15) is 12.8 Å². The van der Waals surface area contributed by atoms with Crippen molar-refractivity contribution in [3.63, 3.8) is 0 Å². The van der Waals surface area contributed by atoms with Gasteiger partial charge in [-0.2, -0.15) is 20.1 Å². The Morgan fingerprint density at radius 2 is 2.10 bits per heavy atom. The molecule has 0 aromatic carbocycles. The molecule has 2 heterocycles. The summed E-state index contributed by atoms with van der Waals surface area (Å²) in [5, 5.41) is 19.5. The van der Waals surface area contributed by atoms with Crippen molar-refractivity contribution in [1.29, 1.82) is 0 Å². The molecule has 8 nitrogen and oxygen atoms in total. The average molecular weight is 275 g/mol. The lowest BCUT2D eigenvalue weighted by Gasteiger charge is -2.13. The molecular formula is C12H17N7O. The summed E-state index contributed by atoms with van der Waals surface area (Å²) >= 11 is 0. The second-order valence-electron chi connectivity index (χ2n) is 4.99. The molecule has 2 aromatic heterocycles. The molecule has 1 aliphatic carbocycles. The number of hydrogen-bond acceptors (Lipinski definition) is 7. The second-order valence-corrected chi connectivity index (χ2v) is 4.99. The monoisotopic (exact) mass is 275 g/mol. The smallest absolute Gasteiger partial charge is 0.257 e. The van der Waals surface area contributed by atoms with Gasteiger partial charge in [-0.05, 0) is 18.9 Å². The number of aliphatic hydroxyl groups excluding tert-OH is 1. The van der Waals surface area contributed by atoms with Crippen LogP contribution < -0.4 is 10.6 Å². The Morgan fingerprint density at radius 3 is 2.70 bits per heavy atom. The van der Waals surface area contributed by atoms with Gasteiger partial charge in [0.15, 0.2) is 0 Å². The van der Waals surface area contributed by atoms with Gasteiger partial charge >= 0.3 is 0 Å². The van der Waals surface area contributed by atoms with E-state index < -0.39 is 0 Å². The second kappa shape index (κ2) is 5.04. The van der Waals surface area contributed by atoms with Crippen LogP contribution in [0.15, 0.2) is 18.5 Å². The first-order chi connectivity index (χ1) is 9.74. The van der Waals surface area contributed by atoms with E-state index in [1.54, 1.807) is 30.2 Å². The SMILES string of the molecule is CNc1nc(NCC2(CO)CC2)nc(-n2cccn2)n1. The Labute approximate surface area is 116 Å². The standard InChI is InChI=1S/C12H17N7O/c1-13-9-16-10(14-7-12(8-20)3-4-12)18-11(17-9)19-6-2-5-15-19/h2,5-6,20H,3-4,7-8H2,1H3,(H2,13,14,16,17,18). The van der Waals surface area contributed by atoms with Crippen LogP contribution in [-0.2, 0) is 0 Å². The highest BCUT2D eigenvalue weighted by Gasteiger charge is 2.41. The van der Waals surface area contributed by atoms with Crippen molar-refractivity contribution in [2.75, 3.05) is 30.8 Å². The van der Waals surface area contributed by atoms with Crippen LogP contribution in [0.5, 0.6) is 0 Å². The van der Waals surface area contributed by atoms with Gasteiger partial charge in [-0.25, -0.2) is 4.68 Å². The third kappa shape index (κ3) is 2.55. The van der Waals surface area contributed by atoms with Gasteiger partial charge in [0.1, 0.15) is 0 Å². The number of aliphatic hydroxyl groups is 1. The minimum absolute atomic E-state index is 0.00169.